The highest BCUT2D eigenvalue weighted by molar-refractivity contribution is 5.75. The molecule has 0 bridgehead atoms. The van der Waals surface area contributed by atoms with Crippen LogP contribution < -0.4 is 4.74 Å². The van der Waals surface area contributed by atoms with Crippen molar-refractivity contribution in [2.75, 3.05) is 6.61 Å². The van der Waals surface area contributed by atoms with E-state index >= 15 is 0 Å². The van der Waals surface area contributed by atoms with E-state index in [9.17, 15) is 4.79 Å². The number of rotatable bonds is 7. The monoisotopic (exact) mass is 318 g/mol. The molecule has 0 aliphatic carbocycles. The van der Waals surface area contributed by atoms with E-state index in [0.717, 1.165) is 5.56 Å². The van der Waals surface area contributed by atoms with Crippen molar-refractivity contribution in [3.63, 3.8) is 0 Å². The summed E-state index contributed by atoms with van der Waals surface area (Å²) in [6, 6.07) is 7.23. The lowest BCUT2D eigenvalue weighted by Gasteiger charge is -2.15. The zero-order valence-electron chi connectivity index (χ0n) is 13.9. The molecule has 6 nitrogen and oxygen atoms in total. The fourth-order valence-electron chi connectivity index (χ4n) is 1.97. The minimum absolute atomic E-state index is 0.189. The summed E-state index contributed by atoms with van der Waals surface area (Å²) in [6.07, 6.45) is -0.0538. The Labute approximate surface area is 135 Å². The van der Waals surface area contributed by atoms with Gasteiger partial charge >= 0.3 is 5.97 Å². The summed E-state index contributed by atoms with van der Waals surface area (Å²) in [5.74, 6) is 1.58. The van der Waals surface area contributed by atoms with E-state index in [1.807, 2.05) is 32.9 Å². The van der Waals surface area contributed by atoms with Crippen LogP contribution in [0, 0.1) is 0 Å². The number of carbonyl (C=O) groups excluding carboxylic acids is 1. The van der Waals surface area contributed by atoms with Gasteiger partial charge in [-0.3, -0.25) is 0 Å². The van der Waals surface area contributed by atoms with Crippen molar-refractivity contribution in [2.45, 2.75) is 46.1 Å². The van der Waals surface area contributed by atoms with Gasteiger partial charge in [0, 0.05) is 11.5 Å². The first-order chi connectivity index (χ1) is 11.0. The fraction of sp³-hybridized carbons (Fsp3) is 0.471. The number of ether oxygens (including phenoxy) is 2. The van der Waals surface area contributed by atoms with Crippen LogP contribution in [0.3, 0.4) is 0 Å². The summed E-state index contributed by atoms with van der Waals surface area (Å²) in [6.45, 7) is 7.98. The maximum Gasteiger partial charge on any atom is 0.347 e. The van der Waals surface area contributed by atoms with Gasteiger partial charge in [-0.25, -0.2) is 4.79 Å². The Morgan fingerprint density at radius 3 is 2.43 bits per heavy atom. The van der Waals surface area contributed by atoms with Crippen LogP contribution in [-0.2, 0) is 9.53 Å². The van der Waals surface area contributed by atoms with Crippen LogP contribution in [0.2, 0.25) is 0 Å². The fourth-order valence-corrected chi connectivity index (χ4v) is 1.97. The molecule has 0 aliphatic rings. The van der Waals surface area contributed by atoms with Gasteiger partial charge in [-0.2, -0.15) is 4.98 Å². The Morgan fingerprint density at radius 1 is 1.22 bits per heavy atom. The van der Waals surface area contributed by atoms with E-state index in [2.05, 4.69) is 10.1 Å². The Hall–Kier alpha value is -2.37. The lowest BCUT2D eigenvalue weighted by molar-refractivity contribution is -0.151. The molecule has 0 spiro atoms. The summed E-state index contributed by atoms with van der Waals surface area (Å²) < 4.78 is 15.9. The number of esters is 1. The molecule has 2 rings (SSSR count). The van der Waals surface area contributed by atoms with Gasteiger partial charge in [0.1, 0.15) is 5.75 Å². The van der Waals surface area contributed by atoms with Gasteiger partial charge in [-0.1, -0.05) is 25.9 Å². The second-order valence-electron chi connectivity index (χ2n) is 5.40. The van der Waals surface area contributed by atoms with Crippen molar-refractivity contribution in [2.24, 2.45) is 0 Å². The van der Waals surface area contributed by atoms with Crippen molar-refractivity contribution < 1.29 is 18.8 Å². The predicted octanol–water partition coefficient (Wildman–Crippen LogP) is 3.58. The zero-order chi connectivity index (χ0) is 16.8. The Bertz CT molecular complexity index is 634. The SMILES string of the molecule is CCOC(=O)C(CC)Oc1ccc(-c2noc(C(C)C)n2)cc1. The lowest BCUT2D eigenvalue weighted by Crippen LogP contribution is -2.28. The van der Waals surface area contributed by atoms with Crippen LogP contribution in [0.25, 0.3) is 11.4 Å². The van der Waals surface area contributed by atoms with Crippen molar-refractivity contribution in [1.29, 1.82) is 0 Å². The standard InChI is InChI=1S/C17H22N2O4/c1-5-14(17(20)21-6-2)22-13-9-7-12(8-10-13)15-18-16(11(3)4)23-19-15/h7-11,14H,5-6H2,1-4H3. The van der Waals surface area contributed by atoms with E-state index in [4.69, 9.17) is 14.0 Å². The molecule has 0 radical (unpaired) electrons. The van der Waals surface area contributed by atoms with E-state index < -0.39 is 6.10 Å². The second-order valence-corrected chi connectivity index (χ2v) is 5.40. The number of carbonyl (C=O) groups is 1. The molecule has 2 aromatic rings. The molecule has 0 amide bonds. The van der Waals surface area contributed by atoms with Gasteiger partial charge in [-0.05, 0) is 37.6 Å². The summed E-state index contributed by atoms with van der Waals surface area (Å²) in [4.78, 5) is 16.1. The van der Waals surface area contributed by atoms with Crippen LogP contribution in [-0.4, -0.2) is 28.8 Å². The van der Waals surface area contributed by atoms with E-state index in [-0.39, 0.29) is 11.9 Å². The largest absolute Gasteiger partial charge is 0.479 e. The minimum atomic E-state index is -0.599. The summed E-state index contributed by atoms with van der Waals surface area (Å²) in [5, 5.41) is 3.97. The predicted molar refractivity (Wildman–Crippen MR) is 85.2 cm³/mol. The highest BCUT2D eigenvalue weighted by Crippen LogP contribution is 2.23. The molecule has 23 heavy (non-hydrogen) atoms. The first kappa shape index (κ1) is 17.0. The molecule has 0 aliphatic heterocycles. The summed E-state index contributed by atoms with van der Waals surface area (Å²) in [7, 11) is 0. The van der Waals surface area contributed by atoms with E-state index in [1.54, 1.807) is 19.1 Å². The van der Waals surface area contributed by atoms with Gasteiger partial charge < -0.3 is 14.0 Å². The van der Waals surface area contributed by atoms with Gasteiger partial charge in [-0.15, -0.1) is 0 Å². The highest BCUT2D eigenvalue weighted by Gasteiger charge is 2.19. The van der Waals surface area contributed by atoms with E-state index in [0.29, 0.717) is 30.5 Å². The molecule has 1 aromatic carbocycles. The third-order valence-corrected chi connectivity index (χ3v) is 3.25. The van der Waals surface area contributed by atoms with Crippen LogP contribution in [0.15, 0.2) is 28.8 Å². The third kappa shape index (κ3) is 4.31. The van der Waals surface area contributed by atoms with Gasteiger partial charge in [0.05, 0.1) is 6.61 Å². The van der Waals surface area contributed by atoms with Crippen LogP contribution in [0.5, 0.6) is 5.75 Å². The first-order valence-corrected chi connectivity index (χ1v) is 7.82. The highest BCUT2D eigenvalue weighted by atomic mass is 16.6. The lowest BCUT2D eigenvalue weighted by atomic mass is 10.2. The maximum absolute atomic E-state index is 11.8. The quantitative estimate of drug-likeness (QED) is 0.726. The molecule has 1 unspecified atom stereocenters. The van der Waals surface area contributed by atoms with Crippen molar-refractivity contribution >= 4 is 5.97 Å². The average Bonchev–Trinajstić information content (AvgIpc) is 3.03. The molecule has 0 fully saturated rings. The molecule has 6 heteroatoms. The summed E-state index contributed by atoms with van der Waals surface area (Å²) in [5.41, 5.74) is 0.831. The normalized spacial score (nSPS) is 12.2. The number of nitrogens with zero attached hydrogens (tertiary/aromatic N) is 2. The van der Waals surface area contributed by atoms with E-state index in [1.165, 1.54) is 0 Å². The second kappa shape index (κ2) is 7.76. The molecule has 1 atom stereocenters. The Balaban J connectivity index is 2.07. The molecular formula is C17H22N2O4. The zero-order valence-corrected chi connectivity index (χ0v) is 13.9. The minimum Gasteiger partial charge on any atom is -0.479 e. The number of hydrogen-bond acceptors (Lipinski definition) is 6. The maximum atomic E-state index is 11.8. The van der Waals surface area contributed by atoms with Crippen LogP contribution in [0.4, 0.5) is 0 Å². The average molecular weight is 318 g/mol. The number of aromatic nitrogens is 2. The van der Waals surface area contributed by atoms with Gasteiger partial charge in [0.2, 0.25) is 11.7 Å². The van der Waals surface area contributed by atoms with Crippen LogP contribution >= 0.6 is 0 Å². The summed E-state index contributed by atoms with van der Waals surface area (Å²) >= 11 is 0. The molecule has 0 saturated carbocycles. The topological polar surface area (TPSA) is 74.5 Å². The first-order valence-electron chi connectivity index (χ1n) is 7.82. The molecule has 0 N–H and O–H groups in total. The van der Waals surface area contributed by atoms with Crippen molar-refractivity contribution in [3.05, 3.63) is 30.2 Å². The van der Waals surface area contributed by atoms with Gasteiger partial charge in [0.15, 0.2) is 6.10 Å². The third-order valence-electron chi connectivity index (χ3n) is 3.25. The molecule has 1 aromatic heterocycles. The molecule has 124 valence electrons. The molecule has 1 heterocycles. The number of hydrogen-bond donors (Lipinski definition) is 0. The molecular weight excluding hydrogens is 296 g/mol. The molecule has 0 saturated heterocycles. The number of benzene rings is 1. The smallest absolute Gasteiger partial charge is 0.347 e. The van der Waals surface area contributed by atoms with Crippen molar-refractivity contribution in [1.82, 2.24) is 10.1 Å². The Kier molecular flexibility index (Phi) is 5.73. The van der Waals surface area contributed by atoms with Crippen LogP contribution in [0.1, 0.15) is 45.9 Å². The van der Waals surface area contributed by atoms with Crippen molar-refractivity contribution in [3.8, 4) is 17.1 Å². The van der Waals surface area contributed by atoms with Gasteiger partial charge in [0.25, 0.3) is 0 Å². The Morgan fingerprint density at radius 2 is 1.91 bits per heavy atom.